The Hall–Kier alpha value is -1.09. The molecule has 0 radical (unpaired) electrons. The van der Waals surface area contributed by atoms with E-state index in [1.165, 1.54) is 0 Å². The van der Waals surface area contributed by atoms with Crippen molar-refractivity contribution in [1.82, 2.24) is 4.98 Å². The van der Waals surface area contributed by atoms with E-state index in [4.69, 9.17) is 0 Å². The number of aliphatic hydroxyl groups excluding tert-OH is 1. The van der Waals surface area contributed by atoms with Crippen molar-refractivity contribution in [2.75, 3.05) is 11.9 Å². The number of rotatable bonds is 5. The van der Waals surface area contributed by atoms with Gasteiger partial charge in [0.1, 0.15) is 5.82 Å². The third-order valence-electron chi connectivity index (χ3n) is 3.08. The van der Waals surface area contributed by atoms with Gasteiger partial charge < -0.3 is 10.0 Å². The average Bonchev–Trinajstić information content (AvgIpc) is 2.35. The van der Waals surface area contributed by atoms with Crippen LogP contribution in [0.15, 0.2) is 12.1 Å². The van der Waals surface area contributed by atoms with E-state index in [-0.39, 0.29) is 6.61 Å². The summed E-state index contributed by atoms with van der Waals surface area (Å²) in [6, 6.07) is 4.39. The van der Waals surface area contributed by atoms with E-state index in [1.807, 2.05) is 12.1 Å². The van der Waals surface area contributed by atoms with E-state index in [1.54, 1.807) is 0 Å². The summed E-state index contributed by atoms with van der Waals surface area (Å²) in [7, 11) is 2.05. The summed E-state index contributed by atoms with van der Waals surface area (Å²) in [4.78, 5) is 6.75. The van der Waals surface area contributed by atoms with E-state index >= 15 is 0 Å². The zero-order chi connectivity index (χ0) is 12.1. The van der Waals surface area contributed by atoms with Gasteiger partial charge in [0, 0.05) is 18.8 Å². The largest absolute Gasteiger partial charge is 0.392 e. The zero-order valence-electron chi connectivity index (χ0n) is 10.7. The van der Waals surface area contributed by atoms with Crippen molar-refractivity contribution in [2.24, 2.45) is 0 Å². The lowest BCUT2D eigenvalue weighted by molar-refractivity contribution is 0.281. The fourth-order valence-electron chi connectivity index (χ4n) is 1.59. The van der Waals surface area contributed by atoms with Gasteiger partial charge in [0.25, 0.3) is 0 Å². The number of anilines is 1. The molecule has 0 bridgehead atoms. The molecule has 1 N–H and O–H groups in total. The van der Waals surface area contributed by atoms with Crippen LogP contribution in [0.3, 0.4) is 0 Å². The van der Waals surface area contributed by atoms with Gasteiger partial charge in [-0.05, 0) is 37.5 Å². The topological polar surface area (TPSA) is 36.4 Å². The fraction of sp³-hybridized carbons (Fsp3) is 0.615. The van der Waals surface area contributed by atoms with Crippen molar-refractivity contribution >= 4 is 5.82 Å². The van der Waals surface area contributed by atoms with E-state index in [2.05, 4.69) is 37.7 Å². The lowest BCUT2D eigenvalue weighted by atomic mass is 10.1. The molecule has 0 saturated heterocycles. The number of hydrogen-bond acceptors (Lipinski definition) is 3. The van der Waals surface area contributed by atoms with Crippen LogP contribution in [0.5, 0.6) is 0 Å². The van der Waals surface area contributed by atoms with Crippen LogP contribution >= 0.6 is 0 Å². The summed E-state index contributed by atoms with van der Waals surface area (Å²) in [6.45, 7) is 6.50. The van der Waals surface area contributed by atoms with Crippen molar-refractivity contribution in [1.29, 1.82) is 0 Å². The molecule has 0 fully saturated rings. The molecule has 0 aliphatic carbocycles. The van der Waals surface area contributed by atoms with Gasteiger partial charge in [-0.1, -0.05) is 13.8 Å². The third-order valence-corrected chi connectivity index (χ3v) is 3.08. The Balaban J connectivity index is 3.02. The Morgan fingerprint density at radius 1 is 1.38 bits per heavy atom. The molecular weight excluding hydrogens is 200 g/mol. The third kappa shape index (κ3) is 2.95. The van der Waals surface area contributed by atoms with Crippen LogP contribution in [0.1, 0.15) is 38.4 Å². The first-order chi connectivity index (χ1) is 7.62. The van der Waals surface area contributed by atoms with E-state index in [0.29, 0.717) is 6.04 Å². The molecule has 1 aromatic rings. The highest BCUT2D eigenvalue weighted by Gasteiger charge is 2.10. The van der Waals surface area contributed by atoms with Crippen molar-refractivity contribution in [3.63, 3.8) is 0 Å². The molecule has 0 aliphatic heterocycles. The van der Waals surface area contributed by atoms with Gasteiger partial charge in [-0.15, -0.1) is 0 Å². The molecule has 3 nitrogen and oxygen atoms in total. The smallest absolute Gasteiger partial charge is 0.129 e. The maximum Gasteiger partial charge on any atom is 0.129 e. The second-order valence-electron chi connectivity index (χ2n) is 4.20. The average molecular weight is 222 g/mol. The second-order valence-corrected chi connectivity index (χ2v) is 4.20. The Kier molecular flexibility index (Phi) is 4.74. The van der Waals surface area contributed by atoms with E-state index in [0.717, 1.165) is 29.9 Å². The van der Waals surface area contributed by atoms with Gasteiger partial charge in [-0.2, -0.15) is 0 Å². The Morgan fingerprint density at radius 2 is 2.06 bits per heavy atom. The van der Waals surface area contributed by atoms with Gasteiger partial charge in [0.05, 0.1) is 6.61 Å². The normalized spacial score (nSPS) is 12.6. The molecule has 0 aromatic carbocycles. The molecule has 1 unspecified atom stereocenters. The summed E-state index contributed by atoms with van der Waals surface area (Å²) < 4.78 is 0. The molecular formula is C13H22N2O. The van der Waals surface area contributed by atoms with E-state index in [9.17, 15) is 5.11 Å². The quantitative estimate of drug-likeness (QED) is 0.831. The first-order valence-corrected chi connectivity index (χ1v) is 5.95. The van der Waals surface area contributed by atoms with Crippen molar-refractivity contribution in [3.8, 4) is 0 Å². The minimum absolute atomic E-state index is 0.0802. The van der Waals surface area contributed by atoms with Crippen molar-refractivity contribution < 1.29 is 5.11 Å². The first-order valence-electron chi connectivity index (χ1n) is 5.95. The highest BCUT2D eigenvalue weighted by molar-refractivity contribution is 5.42. The van der Waals surface area contributed by atoms with Crippen LogP contribution in [0.25, 0.3) is 0 Å². The van der Waals surface area contributed by atoms with E-state index < -0.39 is 0 Å². The van der Waals surface area contributed by atoms with Gasteiger partial charge in [-0.3, -0.25) is 0 Å². The summed E-state index contributed by atoms with van der Waals surface area (Å²) in [5.41, 5.74) is 1.98. The van der Waals surface area contributed by atoms with Crippen LogP contribution < -0.4 is 4.90 Å². The monoisotopic (exact) mass is 222 g/mol. The SMILES string of the molecule is CCc1cc(CO)cc(N(C)C(C)CC)n1. The summed E-state index contributed by atoms with van der Waals surface area (Å²) in [6.07, 6.45) is 1.98. The highest BCUT2D eigenvalue weighted by atomic mass is 16.3. The van der Waals surface area contributed by atoms with Crippen LogP contribution in [-0.4, -0.2) is 23.2 Å². The predicted molar refractivity (Wildman–Crippen MR) is 67.7 cm³/mol. The maximum atomic E-state index is 9.21. The zero-order valence-corrected chi connectivity index (χ0v) is 10.7. The molecule has 1 rings (SSSR count). The van der Waals surface area contributed by atoms with Crippen molar-refractivity contribution in [2.45, 2.75) is 46.3 Å². The number of aromatic nitrogens is 1. The van der Waals surface area contributed by atoms with Crippen LogP contribution in [0.4, 0.5) is 5.82 Å². The number of nitrogens with zero attached hydrogens (tertiary/aromatic N) is 2. The standard InChI is InChI=1S/C13H22N2O/c1-5-10(3)15(4)13-8-11(9-16)7-12(6-2)14-13/h7-8,10,16H,5-6,9H2,1-4H3. The maximum absolute atomic E-state index is 9.21. The molecule has 0 amide bonds. The molecule has 90 valence electrons. The number of hydrogen-bond donors (Lipinski definition) is 1. The first kappa shape index (κ1) is 13.0. The summed E-state index contributed by atoms with van der Waals surface area (Å²) >= 11 is 0. The van der Waals surface area contributed by atoms with Gasteiger partial charge >= 0.3 is 0 Å². The van der Waals surface area contributed by atoms with Crippen LogP contribution in [-0.2, 0) is 13.0 Å². The molecule has 0 saturated carbocycles. The van der Waals surface area contributed by atoms with Crippen LogP contribution in [0, 0.1) is 0 Å². The molecule has 0 aliphatic rings. The highest BCUT2D eigenvalue weighted by Crippen LogP contribution is 2.17. The predicted octanol–water partition coefficient (Wildman–Crippen LogP) is 2.37. The van der Waals surface area contributed by atoms with Gasteiger partial charge in [0.2, 0.25) is 0 Å². The van der Waals surface area contributed by atoms with Gasteiger partial charge in [-0.25, -0.2) is 4.98 Å². The number of pyridine rings is 1. The summed E-state index contributed by atoms with van der Waals surface area (Å²) in [5.74, 6) is 0.956. The second kappa shape index (κ2) is 5.85. The lowest BCUT2D eigenvalue weighted by Crippen LogP contribution is -2.29. The fourth-order valence-corrected chi connectivity index (χ4v) is 1.59. The number of aliphatic hydroxyl groups is 1. The summed E-state index contributed by atoms with van der Waals surface area (Å²) in [5, 5.41) is 9.21. The van der Waals surface area contributed by atoms with Crippen LogP contribution in [0.2, 0.25) is 0 Å². The van der Waals surface area contributed by atoms with Gasteiger partial charge in [0.15, 0.2) is 0 Å². The minimum atomic E-state index is 0.0802. The Bertz CT molecular complexity index is 316. The lowest BCUT2D eigenvalue weighted by Gasteiger charge is -2.25. The molecule has 1 heterocycles. The Labute approximate surface area is 98.1 Å². The molecule has 0 spiro atoms. The molecule has 1 atom stereocenters. The minimum Gasteiger partial charge on any atom is -0.392 e. The Morgan fingerprint density at radius 3 is 2.56 bits per heavy atom. The number of aryl methyl sites for hydroxylation is 1. The molecule has 3 heteroatoms. The molecule has 16 heavy (non-hydrogen) atoms. The molecule has 1 aromatic heterocycles. The van der Waals surface area contributed by atoms with Crippen molar-refractivity contribution in [3.05, 3.63) is 23.4 Å².